The summed E-state index contributed by atoms with van der Waals surface area (Å²) in [5, 5.41) is 7.30. The number of carbonyl (C=O) groups is 1. The van der Waals surface area contributed by atoms with Gasteiger partial charge in [-0.1, -0.05) is 48.5 Å². The molecule has 6 nitrogen and oxygen atoms in total. The van der Waals surface area contributed by atoms with Crippen molar-refractivity contribution in [3.8, 4) is 22.6 Å². The maximum atomic E-state index is 12.8. The van der Waals surface area contributed by atoms with Crippen molar-refractivity contribution in [2.75, 3.05) is 13.2 Å². The standard InChI is InChI=1S/C27H25N3O3/c31-27(22-11-12-25-26(17-22)33-16-4-15-32-25)28-18-23-5-1-2-6-24(23)21-9-7-20(8-10-21)19-30-14-3-13-29-30/h1-3,5-14,17H,4,15-16,18-19H2,(H,28,31). The molecule has 0 saturated heterocycles. The van der Waals surface area contributed by atoms with Crippen LogP contribution in [-0.2, 0) is 13.1 Å². The molecule has 6 heteroatoms. The van der Waals surface area contributed by atoms with Gasteiger partial charge in [-0.25, -0.2) is 0 Å². The maximum Gasteiger partial charge on any atom is 0.251 e. The van der Waals surface area contributed by atoms with Crippen LogP contribution in [-0.4, -0.2) is 28.9 Å². The van der Waals surface area contributed by atoms with E-state index in [0.29, 0.717) is 36.8 Å². The molecule has 0 spiro atoms. The number of hydrogen-bond acceptors (Lipinski definition) is 4. The molecular weight excluding hydrogens is 414 g/mol. The van der Waals surface area contributed by atoms with Gasteiger partial charge < -0.3 is 14.8 Å². The summed E-state index contributed by atoms with van der Waals surface area (Å²) in [7, 11) is 0. The fraction of sp³-hybridized carbons (Fsp3) is 0.185. The Morgan fingerprint density at radius 1 is 0.939 bits per heavy atom. The van der Waals surface area contributed by atoms with Gasteiger partial charge in [-0.05, 0) is 46.5 Å². The molecule has 0 bridgehead atoms. The summed E-state index contributed by atoms with van der Waals surface area (Å²) in [5.41, 5.74) is 5.00. The summed E-state index contributed by atoms with van der Waals surface area (Å²) in [6.45, 7) is 2.38. The third-order valence-electron chi connectivity index (χ3n) is 5.64. The van der Waals surface area contributed by atoms with Crippen LogP contribution in [0.2, 0.25) is 0 Å². The zero-order valence-electron chi connectivity index (χ0n) is 18.2. The van der Waals surface area contributed by atoms with E-state index in [1.54, 1.807) is 24.4 Å². The van der Waals surface area contributed by atoms with Gasteiger partial charge in [-0.3, -0.25) is 9.48 Å². The van der Waals surface area contributed by atoms with Crippen LogP contribution >= 0.6 is 0 Å². The highest BCUT2D eigenvalue weighted by Crippen LogP contribution is 2.30. The number of fused-ring (bicyclic) bond motifs is 1. The van der Waals surface area contributed by atoms with Gasteiger partial charge in [0, 0.05) is 30.9 Å². The van der Waals surface area contributed by atoms with E-state index in [1.165, 1.54) is 5.56 Å². The lowest BCUT2D eigenvalue weighted by Crippen LogP contribution is -2.23. The Balaban J connectivity index is 1.28. The minimum absolute atomic E-state index is 0.143. The zero-order chi connectivity index (χ0) is 22.5. The van der Waals surface area contributed by atoms with Crippen LogP contribution in [0.4, 0.5) is 0 Å². The number of aromatic nitrogens is 2. The molecule has 0 fully saturated rings. The maximum absolute atomic E-state index is 12.8. The first-order valence-corrected chi connectivity index (χ1v) is 11.1. The van der Waals surface area contributed by atoms with E-state index in [4.69, 9.17) is 9.47 Å². The summed E-state index contributed by atoms with van der Waals surface area (Å²) >= 11 is 0. The van der Waals surface area contributed by atoms with Gasteiger partial charge in [0.2, 0.25) is 0 Å². The first-order chi connectivity index (χ1) is 16.3. The summed E-state index contributed by atoms with van der Waals surface area (Å²) in [4.78, 5) is 12.8. The predicted octanol–water partition coefficient (Wildman–Crippen LogP) is 4.69. The SMILES string of the molecule is O=C(NCc1ccccc1-c1ccc(Cn2cccn2)cc1)c1ccc2c(c1)OCCCO2. The third kappa shape index (κ3) is 4.90. The lowest BCUT2D eigenvalue weighted by molar-refractivity contribution is 0.0950. The number of ether oxygens (including phenoxy) is 2. The molecule has 0 unspecified atom stereocenters. The Hall–Kier alpha value is -4.06. The molecule has 1 N–H and O–H groups in total. The fourth-order valence-electron chi connectivity index (χ4n) is 3.91. The lowest BCUT2D eigenvalue weighted by Gasteiger charge is -2.13. The summed E-state index contributed by atoms with van der Waals surface area (Å²) in [5.74, 6) is 1.16. The average Bonchev–Trinajstić information content (AvgIpc) is 3.25. The van der Waals surface area contributed by atoms with Gasteiger partial charge in [-0.2, -0.15) is 5.10 Å². The van der Waals surface area contributed by atoms with Crippen LogP contribution in [0.5, 0.6) is 11.5 Å². The molecule has 33 heavy (non-hydrogen) atoms. The molecule has 5 rings (SSSR count). The van der Waals surface area contributed by atoms with E-state index in [2.05, 4.69) is 40.7 Å². The van der Waals surface area contributed by atoms with Crippen molar-refractivity contribution >= 4 is 5.91 Å². The van der Waals surface area contributed by atoms with Gasteiger partial charge in [-0.15, -0.1) is 0 Å². The predicted molar refractivity (Wildman–Crippen MR) is 126 cm³/mol. The molecule has 4 aromatic rings. The number of hydrogen-bond donors (Lipinski definition) is 1. The number of benzene rings is 3. The van der Waals surface area contributed by atoms with Gasteiger partial charge in [0.15, 0.2) is 11.5 Å². The fourth-order valence-corrected chi connectivity index (χ4v) is 3.91. The Bertz CT molecular complexity index is 1230. The van der Waals surface area contributed by atoms with Crippen LogP contribution in [0.15, 0.2) is 85.2 Å². The van der Waals surface area contributed by atoms with Gasteiger partial charge in [0.1, 0.15) is 0 Å². The number of rotatable bonds is 6. The Morgan fingerprint density at radius 3 is 2.58 bits per heavy atom. The highest BCUT2D eigenvalue weighted by Gasteiger charge is 2.14. The van der Waals surface area contributed by atoms with E-state index >= 15 is 0 Å². The molecule has 0 aliphatic carbocycles. The smallest absolute Gasteiger partial charge is 0.251 e. The third-order valence-corrected chi connectivity index (χ3v) is 5.64. The minimum Gasteiger partial charge on any atom is -0.490 e. The first kappa shape index (κ1) is 20.8. The summed E-state index contributed by atoms with van der Waals surface area (Å²) in [6, 6.07) is 23.8. The molecule has 1 aliphatic rings. The second kappa shape index (κ2) is 9.61. The van der Waals surface area contributed by atoms with Crippen LogP contribution in [0, 0.1) is 0 Å². The van der Waals surface area contributed by atoms with Crippen molar-refractivity contribution in [1.82, 2.24) is 15.1 Å². The van der Waals surface area contributed by atoms with Crippen molar-refractivity contribution in [2.24, 2.45) is 0 Å². The molecular formula is C27H25N3O3. The molecule has 3 aromatic carbocycles. The Morgan fingerprint density at radius 2 is 1.76 bits per heavy atom. The van der Waals surface area contributed by atoms with Crippen LogP contribution in [0.25, 0.3) is 11.1 Å². The van der Waals surface area contributed by atoms with E-state index in [9.17, 15) is 4.79 Å². The van der Waals surface area contributed by atoms with E-state index < -0.39 is 0 Å². The second-order valence-corrected chi connectivity index (χ2v) is 7.95. The molecule has 166 valence electrons. The normalized spacial score (nSPS) is 12.7. The summed E-state index contributed by atoms with van der Waals surface area (Å²) in [6.07, 6.45) is 4.57. The van der Waals surface area contributed by atoms with Crippen molar-refractivity contribution in [3.63, 3.8) is 0 Å². The number of nitrogens with zero attached hydrogens (tertiary/aromatic N) is 2. The first-order valence-electron chi connectivity index (χ1n) is 11.1. The highest BCUT2D eigenvalue weighted by molar-refractivity contribution is 5.95. The second-order valence-electron chi connectivity index (χ2n) is 7.95. The topological polar surface area (TPSA) is 65.4 Å². The van der Waals surface area contributed by atoms with E-state index in [-0.39, 0.29) is 5.91 Å². The summed E-state index contributed by atoms with van der Waals surface area (Å²) < 4.78 is 13.3. The molecule has 1 amide bonds. The van der Waals surface area contributed by atoms with Gasteiger partial charge >= 0.3 is 0 Å². The van der Waals surface area contributed by atoms with Crippen molar-refractivity contribution in [1.29, 1.82) is 0 Å². The molecule has 0 saturated carbocycles. The number of carbonyl (C=O) groups excluding carboxylic acids is 1. The van der Waals surface area contributed by atoms with Crippen LogP contribution in [0.3, 0.4) is 0 Å². The molecule has 2 heterocycles. The van der Waals surface area contributed by atoms with E-state index in [0.717, 1.165) is 29.7 Å². The number of nitrogens with one attached hydrogen (secondary N) is 1. The Labute approximate surface area is 192 Å². The lowest BCUT2D eigenvalue weighted by atomic mass is 9.98. The van der Waals surface area contributed by atoms with Crippen molar-refractivity contribution < 1.29 is 14.3 Å². The van der Waals surface area contributed by atoms with Crippen LogP contribution < -0.4 is 14.8 Å². The van der Waals surface area contributed by atoms with Crippen molar-refractivity contribution in [2.45, 2.75) is 19.5 Å². The molecule has 1 aliphatic heterocycles. The largest absolute Gasteiger partial charge is 0.490 e. The molecule has 0 atom stereocenters. The van der Waals surface area contributed by atoms with Crippen LogP contribution in [0.1, 0.15) is 27.9 Å². The quantitative estimate of drug-likeness (QED) is 0.473. The molecule has 0 radical (unpaired) electrons. The van der Waals surface area contributed by atoms with Gasteiger partial charge in [0.25, 0.3) is 5.91 Å². The minimum atomic E-state index is -0.143. The Kier molecular flexibility index (Phi) is 6.06. The highest BCUT2D eigenvalue weighted by atomic mass is 16.5. The van der Waals surface area contributed by atoms with Crippen molar-refractivity contribution in [3.05, 3.63) is 102 Å². The molecule has 1 aromatic heterocycles. The zero-order valence-corrected chi connectivity index (χ0v) is 18.2. The average molecular weight is 440 g/mol. The van der Waals surface area contributed by atoms with E-state index in [1.807, 2.05) is 35.1 Å². The monoisotopic (exact) mass is 439 g/mol. The van der Waals surface area contributed by atoms with Gasteiger partial charge in [0.05, 0.1) is 19.8 Å². The number of amides is 1.